The molecule has 6 nitrogen and oxygen atoms in total. The molecule has 152 valence electrons. The Morgan fingerprint density at radius 2 is 1.79 bits per heavy atom. The van der Waals surface area contributed by atoms with Crippen LogP contribution in [-0.2, 0) is 16.2 Å². The minimum atomic E-state index is -4.78. The summed E-state index contributed by atoms with van der Waals surface area (Å²) in [6.45, 7) is 1.49. The van der Waals surface area contributed by atoms with E-state index < -0.39 is 33.3 Å². The molecule has 11 heteroatoms. The van der Waals surface area contributed by atoms with Gasteiger partial charge in [0.1, 0.15) is 17.5 Å². The zero-order chi connectivity index (χ0) is 21.4. The third-order valence-electron chi connectivity index (χ3n) is 3.96. The highest BCUT2D eigenvalue weighted by Gasteiger charge is 2.35. The third kappa shape index (κ3) is 4.45. The number of nitrogen functional groups attached to an aromatic ring is 1. The number of hydrogen-bond acceptors (Lipinski definition) is 5. The largest absolute Gasteiger partial charge is 0.418 e. The molecule has 1 aromatic carbocycles. The first-order valence-electron chi connectivity index (χ1n) is 8.06. The highest BCUT2D eigenvalue weighted by molar-refractivity contribution is 7.92. The summed E-state index contributed by atoms with van der Waals surface area (Å²) in [5.74, 6) is -1.17. The van der Waals surface area contributed by atoms with Crippen molar-refractivity contribution < 1.29 is 26.0 Å². The highest BCUT2D eigenvalue weighted by Crippen LogP contribution is 2.38. The maximum Gasteiger partial charge on any atom is 0.418 e. The van der Waals surface area contributed by atoms with Gasteiger partial charge in [0, 0.05) is 17.8 Å². The molecule has 0 unspecified atom stereocenters. The molecule has 0 aliphatic rings. The second-order valence-electron chi connectivity index (χ2n) is 6.07. The van der Waals surface area contributed by atoms with Crippen molar-refractivity contribution in [2.24, 2.45) is 0 Å². The molecule has 0 amide bonds. The van der Waals surface area contributed by atoms with E-state index in [1.54, 1.807) is 0 Å². The van der Waals surface area contributed by atoms with Gasteiger partial charge in [0.15, 0.2) is 0 Å². The zero-order valence-corrected chi connectivity index (χ0v) is 15.6. The number of alkyl halides is 3. The van der Waals surface area contributed by atoms with Crippen molar-refractivity contribution in [2.75, 3.05) is 10.5 Å². The van der Waals surface area contributed by atoms with E-state index in [0.717, 1.165) is 24.3 Å². The molecule has 3 N–H and O–H groups in total. The van der Waals surface area contributed by atoms with Gasteiger partial charge in [-0.2, -0.15) is 13.2 Å². The topological polar surface area (TPSA) is 98.0 Å². The van der Waals surface area contributed by atoms with Gasteiger partial charge in [-0.25, -0.2) is 22.8 Å². The second-order valence-corrected chi connectivity index (χ2v) is 7.75. The quantitative estimate of drug-likeness (QED) is 0.615. The van der Waals surface area contributed by atoms with E-state index in [-0.39, 0.29) is 22.1 Å². The Hall–Kier alpha value is -3.21. The number of nitrogens with one attached hydrogen (secondary N) is 1. The highest BCUT2D eigenvalue weighted by atomic mass is 32.2. The van der Waals surface area contributed by atoms with Gasteiger partial charge >= 0.3 is 6.18 Å². The molecular formula is C18H14F4N4O2S. The summed E-state index contributed by atoms with van der Waals surface area (Å²) < 4.78 is 81.1. The van der Waals surface area contributed by atoms with Gasteiger partial charge < -0.3 is 5.73 Å². The van der Waals surface area contributed by atoms with E-state index in [4.69, 9.17) is 5.73 Å². The minimum Gasteiger partial charge on any atom is -0.384 e. The van der Waals surface area contributed by atoms with Crippen LogP contribution in [-0.4, -0.2) is 18.4 Å². The Morgan fingerprint density at radius 1 is 1.07 bits per heavy atom. The number of aryl methyl sites for hydroxylation is 1. The maximum absolute atomic E-state index is 13.7. The van der Waals surface area contributed by atoms with Gasteiger partial charge in [-0.15, -0.1) is 0 Å². The fourth-order valence-corrected chi connectivity index (χ4v) is 3.61. The third-order valence-corrected chi connectivity index (χ3v) is 5.31. The van der Waals surface area contributed by atoms with E-state index in [2.05, 4.69) is 14.7 Å². The van der Waals surface area contributed by atoms with Crippen molar-refractivity contribution in [2.45, 2.75) is 18.0 Å². The molecule has 0 aliphatic carbocycles. The molecule has 3 aromatic rings. The molecule has 0 radical (unpaired) electrons. The van der Waals surface area contributed by atoms with Crippen molar-refractivity contribution in [1.82, 2.24) is 9.97 Å². The van der Waals surface area contributed by atoms with Crippen LogP contribution in [0.4, 0.5) is 29.2 Å². The van der Waals surface area contributed by atoms with E-state index in [0.29, 0.717) is 11.6 Å². The second kappa shape index (κ2) is 7.32. The molecule has 0 spiro atoms. The lowest BCUT2D eigenvalue weighted by molar-refractivity contribution is -0.137. The fraction of sp³-hybridized carbons (Fsp3) is 0.111. The van der Waals surface area contributed by atoms with Crippen LogP contribution in [0, 0.1) is 12.7 Å². The van der Waals surface area contributed by atoms with Crippen LogP contribution in [0.2, 0.25) is 0 Å². The lowest BCUT2D eigenvalue weighted by Crippen LogP contribution is -2.16. The monoisotopic (exact) mass is 426 g/mol. The number of benzene rings is 1. The van der Waals surface area contributed by atoms with Crippen LogP contribution in [0.5, 0.6) is 0 Å². The molecule has 0 saturated heterocycles. The summed E-state index contributed by atoms with van der Waals surface area (Å²) in [5.41, 5.74) is 3.99. The van der Waals surface area contributed by atoms with E-state index in [1.807, 2.05) is 0 Å². The van der Waals surface area contributed by atoms with Gasteiger partial charge in [0.05, 0.1) is 16.2 Å². The Balaban J connectivity index is 2.12. The van der Waals surface area contributed by atoms with Gasteiger partial charge in [0.25, 0.3) is 10.0 Å². The van der Waals surface area contributed by atoms with E-state index in [1.165, 1.54) is 25.3 Å². The summed E-state index contributed by atoms with van der Waals surface area (Å²) in [7, 11) is -4.19. The normalized spacial score (nSPS) is 12.0. The molecular weight excluding hydrogens is 412 g/mol. The van der Waals surface area contributed by atoms with Crippen LogP contribution >= 0.6 is 0 Å². The van der Waals surface area contributed by atoms with E-state index >= 15 is 0 Å². The average molecular weight is 426 g/mol. The number of sulfonamides is 1. The zero-order valence-electron chi connectivity index (χ0n) is 14.8. The van der Waals surface area contributed by atoms with Gasteiger partial charge in [-0.05, 0) is 42.8 Å². The predicted molar refractivity (Wildman–Crippen MR) is 98.8 cm³/mol. The van der Waals surface area contributed by atoms with Crippen molar-refractivity contribution in [3.63, 3.8) is 0 Å². The van der Waals surface area contributed by atoms with Crippen molar-refractivity contribution in [3.8, 4) is 11.3 Å². The van der Waals surface area contributed by atoms with Gasteiger partial charge in [-0.1, -0.05) is 6.07 Å². The van der Waals surface area contributed by atoms with Crippen molar-refractivity contribution in [1.29, 1.82) is 0 Å². The average Bonchev–Trinajstić information content (AvgIpc) is 2.62. The maximum atomic E-state index is 13.7. The lowest BCUT2D eigenvalue weighted by atomic mass is 10.0. The predicted octanol–water partition coefficient (Wildman–Crippen LogP) is 3.99. The first-order valence-corrected chi connectivity index (χ1v) is 9.55. The van der Waals surface area contributed by atoms with Gasteiger partial charge in [0.2, 0.25) is 0 Å². The summed E-state index contributed by atoms with van der Waals surface area (Å²) >= 11 is 0. The van der Waals surface area contributed by atoms with E-state index in [9.17, 15) is 26.0 Å². The smallest absolute Gasteiger partial charge is 0.384 e. The molecule has 0 fully saturated rings. The molecule has 0 saturated carbocycles. The number of pyridine rings is 2. The summed E-state index contributed by atoms with van der Waals surface area (Å²) in [6.07, 6.45) is -3.61. The Labute approximate surface area is 163 Å². The van der Waals surface area contributed by atoms with Crippen LogP contribution in [0.15, 0.2) is 53.6 Å². The fourth-order valence-electron chi connectivity index (χ4n) is 2.59. The molecule has 2 aromatic heterocycles. The van der Waals surface area contributed by atoms with Crippen LogP contribution in [0.3, 0.4) is 0 Å². The summed E-state index contributed by atoms with van der Waals surface area (Å²) in [6, 6.07) is 7.14. The molecule has 0 aliphatic heterocycles. The molecule has 0 bridgehead atoms. The first kappa shape index (κ1) is 20.5. The lowest BCUT2D eigenvalue weighted by Gasteiger charge is -2.16. The SMILES string of the molecule is Cc1ccc(F)cc1-c1nc(NS(=O)(=O)c2ccnc(N)c2)ccc1C(F)(F)F. The van der Waals surface area contributed by atoms with Gasteiger partial charge in [-0.3, -0.25) is 4.72 Å². The van der Waals surface area contributed by atoms with Crippen LogP contribution in [0.25, 0.3) is 11.3 Å². The summed E-state index contributed by atoms with van der Waals surface area (Å²) in [4.78, 5) is 7.26. The molecule has 0 atom stereocenters. The Kier molecular flexibility index (Phi) is 5.18. The molecule has 3 rings (SSSR count). The number of aromatic nitrogens is 2. The summed E-state index contributed by atoms with van der Waals surface area (Å²) in [5, 5.41) is 0. The van der Waals surface area contributed by atoms with Crippen LogP contribution < -0.4 is 10.5 Å². The minimum absolute atomic E-state index is 0.0515. The first-order chi connectivity index (χ1) is 13.5. The number of nitrogens with two attached hydrogens (primary N) is 1. The van der Waals surface area contributed by atoms with Crippen LogP contribution in [0.1, 0.15) is 11.1 Å². The number of nitrogens with zero attached hydrogens (tertiary/aromatic N) is 2. The Morgan fingerprint density at radius 3 is 2.45 bits per heavy atom. The molecule has 2 heterocycles. The van der Waals surface area contributed by atoms with Crippen molar-refractivity contribution in [3.05, 3.63) is 65.6 Å². The standard InChI is InChI=1S/C18H14F4N4O2S/c1-10-2-3-11(19)8-13(10)17-14(18(20,21)22)4-5-16(25-17)26-29(27,28)12-6-7-24-15(23)9-12/h2-9H,1H3,(H2,23,24)(H,25,26). The number of halogens is 4. The number of anilines is 2. The molecule has 29 heavy (non-hydrogen) atoms. The number of rotatable bonds is 4. The Bertz CT molecular complexity index is 1180. The number of hydrogen-bond donors (Lipinski definition) is 2. The van der Waals surface area contributed by atoms with Crippen molar-refractivity contribution >= 4 is 21.7 Å².